The predicted molar refractivity (Wildman–Crippen MR) is 97.2 cm³/mol. The third kappa shape index (κ3) is 4.70. The molecular weight excluding hydrogens is 374 g/mol. The van der Waals surface area contributed by atoms with Crippen molar-refractivity contribution in [1.29, 1.82) is 0 Å². The Bertz CT molecular complexity index is 887. The van der Waals surface area contributed by atoms with Gasteiger partial charge in [-0.25, -0.2) is 8.42 Å². The molecule has 1 atom stereocenters. The van der Waals surface area contributed by atoms with Crippen LogP contribution >= 0.6 is 0 Å². The lowest BCUT2D eigenvalue weighted by Gasteiger charge is -2.17. The maximum absolute atomic E-state index is 12.5. The zero-order valence-corrected chi connectivity index (χ0v) is 15.3. The molecule has 0 aromatic heterocycles. The van der Waals surface area contributed by atoms with Gasteiger partial charge in [0.05, 0.1) is 4.90 Å². The molecule has 0 saturated carbocycles. The SMILES string of the molecule is O=C(NC1CCN(Cc2ccccc2)C1)c1ccc(S(=O)(=O)C(F)F)cc1. The van der Waals surface area contributed by atoms with Gasteiger partial charge in [-0.05, 0) is 36.2 Å². The number of likely N-dealkylation sites (tertiary alicyclic amines) is 1. The van der Waals surface area contributed by atoms with Crippen molar-refractivity contribution in [3.8, 4) is 0 Å². The van der Waals surface area contributed by atoms with Gasteiger partial charge in [-0.1, -0.05) is 30.3 Å². The van der Waals surface area contributed by atoms with E-state index in [0.717, 1.165) is 38.2 Å². The Labute approximate surface area is 156 Å². The molecule has 1 aliphatic rings. The molecule has 27 heavy (non-hydrogen) atoms. The average Bonchev–Trinajstić information content (AvgIpc) is 3.09. The lowest BCUT2D eigenvalue weighted by Crippen LogP contribution is -2.37. The molecule has 1 heterocycles. The van der Waals surface area contributed by atoms with E-state index in [1.54, 1.807) is 0 Å². The minimum atomic E-state index is -4.65. The number of alkyl halides is 2. The summed E-state index contributed by atoms with van der Waals surface area (Å²) in [4.78, 5) is 14.1. The first-order valence-electron chi connectivity index (χ1n) is 8.55. The fourth-order valence-electron chi connectivity index (χ4n) is 3.10. The van der Waals surface area contributed by atoms with Crippen LogP contribution in [0.3, 0.4) is 0 Å². The molecule has 1 N–H and O–H groups in total. The molecule has 0 bridgehead atoms. The standard InChI is InChI=1S/C19H20F2N2O3S/c20-19(21)27(25,26)17-8-6-15(7-9-17)18(24)22-16-10-11-23(13-16)12-14-4-2-1-3-5-14/h1-9,16,19H,10-13H2,(H,22,24). The summed E-state index contributed by atoms with van der Waals surface area (Å²) >= 11 is 0. The first kappa shape index (κ1) is 19.4. The van der Waals surface area contributed by atoms with Gasteiger partial charge in [0.25, 0.3) is 5.91 Å². The molecule has 3 rings (SSSR count). The van der Waals surface area contributed by atoms with Gasteiger partial charge in [0.15, 0.2) is 0 Å². The van der Waals surface area contributed by atoms with Crippen molar-refractivity contribution in [3.63, 3.8) is 0 Å². The van der Waals surface area contributed by atoms with E-state index < -0.39 is 20.5 Å². The van der Waals surface area contributed by atoms with Crippen molar-refractivity contribution >= 4 is 15.7 Å². The summed E-state index contributed by atoms with van der Waals surface area (Å²) in [5.74, 6) is -3.83. The van der Waals surface area contributed by atoms with Crippen LogP contribution in [0.2, 0.25) is 0 Å². The normalized spacial score (nSPS) is 18.0. The van der Waals surface area contributed by atoms with Crippen LogP contribution in [-0.4, -0.2) is 44.1 Å². The fraction of sp³-hybridized carbons (Fsp3) is 0.316. The van der Waals surface area contributed by atoms with Gasteiger partial charge in [-0.2, -0.15) is 8.78 Å². The quantitative estimate of drug-likeness (QED) is 0.818. The van der Waals surface area contributed by atoms with Crippen LogP contribution in [0.1, 0.15) is 22.3 Å². The minimum Gasteiger partial charge on any atom is -0.348 e. The van der Waals surface area contributed by atoms with Gasteiger partial charge >= 0.3 is 5.76 Å². The van der Waals surface area contributed by atoms with Crippen LogP contribution in [0.25, 0.3) is 0 Å². The molecule has 1 amide bonds. The highest BCUT2D eigenvalue weighted by molar-refractivity contribution is 7.91. The number of amides is 1. The molecule has 1 unspecified atom stereocenters. The van der Waals surface area contributed by atoms with E-state index >= 15 is 0 Å². The number of sulfone groups is 1. The Balaban J connectivity index is 1.56. The third-order valence-corrected chi connectivity index (χ3v) is 5.93. The number of nitrogens with zero attached hydrogens (tertiary/aromatic N) is 1. The Kier molecular flexibility index (Phi) is 5.86. The second-order valence-corrected chi connectivity index (χ2v) is 8.43. The molecule has 0 aliphatic carbocycles. The molecule has 8 heteroatoms. The summed E-state index contributed by atoms with van der Waals surface area (Å²) < 4.78 is 47.9. The second-order valence-electron chi connectivity index (χ2n) is 6.51. The van der Waals surface area contributed by atoms with Crippen LogP contribution in [-0.2, 0) is 16.4 Å². The van der Waals surface area contributed by atoms with Crippen molar-refractivity contribution in [2.45, 2.75) is 29.7 Å². The summed E-state index contributed by atoms with van der Waals surface area (Å²) in [5.41, 5.74) is 1.45. The van der Waals surface area contributed by atoms with E-state index in [4.69, 9.17) is 0 Å². The molecular formula is C19H20F2N2O3S. The molecule has 5 nitrogen and oxygen atoms in total. The summed E-state index contributed by atoms with van der Waals surface area (Å²) in [6, 6.07) is 14.6. The van der Waals surface area contributed by atoms with Crippen LogP contribution in [0.4, 0.5) is 8.78 Å². The van der Waals surface area contributed by atoms with E-state index in [-0.39, 0.29) is 17.5 Å². The van der Waals surface area contributed by atoms with E-state index in [0.29, 0.717) is 0 Å². The number of benzene rings is 2. The van der Waals surface area contributed by atoms with E-state index in [1.807, 2.05) is 18.2 Å². The number of carbonyl (C=O) groups is 1. The molecule has 0 radical (unpaired) electrons. The summed E-state index contributed by atoms with van der Waals surface area (Å²) in [7, 11) is -4.65. The monoisotopic (exact) mass is 394 g/mol. The van der Waals surface area contributed by atoms with Crippen LogP contribution < -0.4 is 5.32 Å². The van der Waals surface area contributed by atoms with Crippen LogP contribution in [0, 0.1) is 0 Å². The first-order chi connectivity index (χ1) is 12.9. The lowest BCUT2D eigenvalue weighted by molar-refractivity contribution is 0.0937. The summed E-state index contributed by atoms with van der Waals surface area (Å²) in [5, 5.41) is 2.91. The van der Waals surface area contributed by atoms with Gasteiger partial charge in [0, 0.05) is 31.2 Å². The van der Waals surface area contributed by atoms with Crippen LogP contribution in [0.5, 0.6) is 0 Å². The van der Waals surface area contributed by atoms with Gasteiger partial charge in [-0.15, -0.1) is 0 Å². The van der Waals surface area contributed by atoms with Crippen molar-refractivity contribution in [1.82, 2.24) is 10.2 Å². The topological polar surface area (TPSA) is 66.5 Å². The molecule has 1 saturated heterocycles. The number of carbonyl (C=O) groups excluding carboxylic acids is 1. The van der Waals surface area contributed by atoms with Gasteiger partial charge in [0.1, 0.15) is 0 Å². The number of rotatable bonds is 6. The predicted octanol–water partition coefficient (Wildman–Crippen LogP) is 2.69. The smallest absolute Gasteiger partial charge is 0.341 e. The zero-order chi connectivity index (χ0) is 19.4. The average molecular weight is 394 g/mol. The maximum atomic E-state index is 12.5. The number of hydrogen-bond donors (Lipinski definition) is 1. The first-order valence-corrected chi connectivity index (χ1v) is 10.1. The second kappa shape index (κ2) is 8.14. The Morgan fingerprint density at radius 3 is 2.41 bits per heavy atom. The molecule has 2 aromatic carbocycles. The highest BCUT2D eigenvalue weighted by atomic mass is 32.2. The van der Waals surface area contributed by atoms with E-state index in [9.17, 15) is 22.0 Å². The molecule has 1 aliphatic heterocycles. The molecule has 0 spiro atoms. The van der Waals surface area contributed by atoms with E-state index in [2.05, 4.69) is 22.3 Å². The fourth-order valence-corrected chi connectivity index (χ4v) is 3.82. The summed E-state index contributed by atoms with van der Waals surface area (Å²) in [6.07, 6.45) is 0.816. The Morgan fingerprint density at radius 1 is 1.11 bits per heavy atom. The van der Waals surface area contributed by atoms with E-state index in [1.165, 1.54) is 17.7 Å². The molecule has 1 fully saturated rings. The summed E-state index contributed by atoms with van der Waals surface area (Å²) in [6.45, 7) is 2.40. The molecule has 144 valence electrons. The zero-order valence-electron chi connectivity index (χ0n) is 14.5. The van der Waals surface area contributed by atoms with Gasteiger partial charge < -0.3 is 5.32 Å². The maximum Gasteiger partial charge on any atom is 0.341 e. The largest absolute Gasteiger partial charge is 0.348 e. The number of nitrogens with one attached hydrogen (secondary N) is 1. The third-order valence-electron chi connectivity index (χ3n) is 4.54. The molecule has 2 aromatic rings. The number of halogens is 2. The minimum absolute atomic E-state index is 0.00862. The van der Waals surface area contributed by atoms with Crippen molar-refractivity contribution in [2.24, 2.45) is 0 Å². The van der Waals surface area contributed by atoms with Crippen molar-refractivity contribution < 1.29 is 22.0 Å². The number of hydrogen-bond acceptors (Lipinski definition) is 4. The van der Waals surface area contributed by atoms with Crippen molar-refractivity contribution in [3.05, 3.63) is 65.7 Å². The lowest BCUT2D eigenvalue weighted by atomic mass is 10.2. The van der Waals surface area contributed by atoms with Gasteiger partial charge in [-0.3, -0.25) is 9.69 Å². The van der Waals surface area contributed by atoms with Crippen molar-refractivity contribution in [2.75, 3.05) is 13.1 Å². The Hall–Kier alpha value is -2.32. The highest BCUT2D eigenvalue weighted by Gasteiger charge is 2.27. The van der Waals surface area contributed by atoms with Crippen LogP contribution in [0.15, 0.2) is 59.5 Å². The highest BCUT2D eigenvalue weighted by Crippen LogP contribution is 2.19. The van der Waals surface area contributed by atoms with Gasteiger partial charge in [0.2, 0.25) is 9.84 Å². The Morgan fingerprint density at radius 2 is 1.78 bits per heavy atom.